The Labute approximate surface area is 215 Å². The van der Waals surface area contributed by atoms with Gasteiger partial charge in [-0.05, 0) is 67.9 Å². The van der Waals surface area contributed by atoms with Crippen molar-refractivity contribution in [2.75, 3.05) is 19.6 Å². The number of amides is 2. The highest BCUT2D eigenvalue weighted by Crippen LogP contribution is 2.46. The van der Waals surface area contributed by atoms with Crippen LogP contribution in [0.2, 0.25) is 0 Å². The third kappa shape index (κ3) is 3.45. The van der Waals surface area contributed by atoms with E-state index in [1.54, 1.807) is 4.90 Å². The molecular weight excluding hydrogens is 466 g/mol. The molecule has 0 radical (unpaired) electrons. The maximum atomic E-state index is 13.4. The van der Waals surface area contributed by atoms with Gasteiger partial charge in [-0.1, -0.05) is 24.3 Å². The highest BCUT2D eigenvalue weighted by Gasteiger charge is 2.58. The van der Waals surface area contributed by atoms with Crippen LogP contribution in [0.1, 0.15) is 43.2 Å². The van der Waals surface area contributed by atoms with Gasteiger partial charge in [0.15, 0.2) is 0 Å². The standard InChI is InChI=1S/C29H31N5O3/c1-18-12-20(21-5-7-24-22(13-21)14-30-32(24)2)4-6-23(18)25-31-28(10-11-28)26(35)34(25)17-19-15-33(16-19)27(36)29(37)8-3-9-29/h4-7,12-14,19,37H,3,8-11,15-17H2,1-2H3. The van der Waals surface area contributed by atoms with Crippen molar-refractivity contribution >= 4 is 28.6 Å². The minimum Gasteiger partial charge on any atom is -0.380 e. The molecular formula is C29H31N5O3. The number of aromatic nitrogens is 2. The van der Waals surface area contributed by atoms with E-state index in [0.29, 0.717) is 32.5 Å². The fraction of sp³-hybridized carbons (Fsp3) is 0.448. The Balaban J connectivity index is 1.12. The summed E-state index contributed by atoms with van der Waals surface area (Å²) in [4.78, 5) is 34.6. The van der Waals surface area contributed by atoms with Gasteiger partial charge in [0, 0.05) is 43.5 Å². The summed E-state index contributed by atoms with van der Waals surface area (Å²) in [7, 11) is 1.94. The summed E-state index contributed by atoms with van der Waals surface area (Å²) >= 11 is 0. The second-order valence-corrected chi connectivity index (χ2v) is 11.4. The van der Waals surface area contributed by atoms with Crippen molar-refractivity contribution < 1.29 is 14.7 Å². The number of carbonyl (C=O) groups excluding carboxylic acids is 2. The molecule has 3 heterocycles. The van der Waals surface area contributed by atoms with Crippen LogP contribution < -0.4 is 0 Å². The molecule has 1 aromatic heterocycles. The van der Waals surface area contributed by atoms with E-state index >= 15 is 0 Å². The van der Waals surface area contributed by atoms with Gasteiger partial charge in [0.2, 0.25) is 0 Å². The molecule has 2 aromatic carbocycles. The Morgan fingerprint density at radius 1 is 1.08 bits per heavy atom. The summed E-state index contributed by atoms with van der Waals surface area (Å²) in [6, 6.07) is 12.7. The molecule has 4 aliphatic rings. The number of aliphatic hydroxyl groups is 1. The van der Waals surface area contributed by atoms with Crippen LogP contribution in [-0.4, -0.2) is 73.1 Å². The maximum absolute atomic E-state index is 13.4. The van der Waals surface area contributed by atoms with Gasteiger partial charge in [-0.2, -0.15) is 5.10 Å². The largest absolute Gasteiger partial charge is 0.380 e. The topological polar surface area (TPSA) is 91.0 Å². The van der Waals surface area contributed by atoms with Gasteiger partial charge in [0.25, 0.3) is 11.8 Å². The normalized spacial score (nSPS) is 21.8. The molecule has 190 valence electrons. The van der Waals surface area contributed by atoms with Crippen molar-refractivity contribution in [3.8, 4) is 11.1 Å². The fourth-order valence-electron chi connectivity index (χ4n) is 6.04. The summed E-state index contributed by atoms with van der Waals surface area (Å²) in [5.74, 6) is 0.903. The van der Waals surface area contributed by atoms with Crippen LogP contribution >= 0.6 is 0 Å². The fourth-order valence-corrected chi connectivity index (χ4v) is 6.04. The predicted octanol–water partition coefficient (Wildman–Crippen LogP) is 3.04. The number of nitrogens with zero attached hydrogens (tertiary/aromatic N) is 5. The molecule has 3 fully saturated rings. The second-order valence-electron chi connectivity index (χ2n) is 11.4. The molecule has 0 unspecified atom stereocenters. The molecule has 8 nitrogen and oxygen atoms in total. The zero-order valence-corrected chi connectivity index (χ0v) is 21.3. The molecule has 0 atom stereocenters. The number of likely N-dealkylation sites (tertiary alicyclic amines) is 1. The van der Waals surface area contributed by atoms with Crippen molar-refractivity contribution in [2.24, 2.45) is 18.0 Å². The van der Waals surface area contributed by atoms with Crippen LogP contribution in [0.3, 0.4) is 0 Å². The van der Waals surface area contributed by atoms with Gasteiger partial charge in [0.05, 0.1) is 11.7 Å². The van der Waals surface area contributed by atoms with E-state index in [-0.39, 0.29) is 17.7 Å². The summed E-state index contributed by atoms with van der Waals surface area (Å²) in [5.41, 5.74) is 3.68. The smallest absolute Gasteiger partial charge is 0.256 e. The molecule has 7 rings (SSSR count). The number of carbonyl (C=O) groups is 2. The molecule has 0 bridgehead atoms. The van der Waals surface area contributed by atoms with Gasteiger partial charge in [0.1, 0.15) is 17.0 Å². The van der Waals surface area contributed by atoms with Gasteiger partial charge >= 0.3 is 0 Å². The van der Waals surface area contributed by atoms with Crippen molar-refractivity contribution in [2.45, 2.75) is 50.2 Å². The molecule has 2 saturated carbocycles. The van der Waals surface area contributed by atoms with Gasteiger partial charge < -0.3 is 10.0 Å². The Hall–Kier alpha value is -3.52. The summed E-state index contributed by atoms with van der Waals surface area (Å²) in [6.07, 6.45) is 5.50. The Morgan fingerprint density at radius 3 is 2.49 bits per heavy atom. The number of amidine groups is 1. The molecule has 37 heavy (non-hydrogen) atoms. The molecule has 3 aromatic rings. The van der Waals surface area contributed by atoms with E-state index in [2.05, 4.69) is 48.4 Å². The molecule has 2 amide bonds. The van der Waals surface area contributed by atoms with Crippen LogP contribution in [0.25, 0.3) is 22.0 Å². The van der Waals surface area contributed by atoms with Crippen LogP contribution in [0.4, 0.5) is 0 Å². The van der Waals surface area contributed by atoms with Crippen LogP contribution in [-0.2, 0) is 16.6 Å². The number of benzene rings is 2. The summed E-state index contributed by atoms with van der Waals surface area (Å²) < 4.78 is 1.87. The minimum absolute atomic E-state index is 0.0930. The summed E-state index contributed by atoms with van der Waals surface area (Å²) in [6.45, 7) is 3.80. The predicted molar refractivity (Wildman–Crippen MR) is 140 cm³/mol. The maximum Gasteiger partial charge on any atom is 0.256 e. The number of fused-ring (bicyclic) bond motifs is 1. The van der Waals surface area contributed by atoms with Crippen molar-refractivity contribution in [3.05, 3.63) is 53.7 Å². The van der Waals surface area contributed by atoms with Gasteiger partial charge in [-0.15, -0.1) is 0 Å². The first kappa shape index (κ1) is 22.7. The quantitative estimate of drug-likeness (QED) is 0.587. The Morgan fingerprint density at radius 2 is 1.81 bits per heavy atom. The minimum atomic E-state index is -1.15. The molecule has 2 aliphatic heterocycles. The van der Waals surface area contributed by atoms with E-state index in [1.807, 2.05) is 22.8 Å². The Bertz CT molecular complexity index is 1490. The van der Waals surface area contributed by atoms with Gasteiger partial charge in [-0.3, -0.25) is 24.2 Å². The second kappa shape index (κ2) is 7.74. The van der Waals surface area contributed by atoms with Crippen LogP contribution in [0.15, 0.2) is 47.6 Å². The lowest BCUT2D eigenvalue weighted by Gasteiger charge is -2.47. The summed E-state index contributed by atoms with van der Waals surface area (Å²) in [5, 5.41) is 15.9. The van der Waals surface area contributed by atoms with Crippen molar-refractivity contribution in [1.29, 1.82) is 0 Å². The van der Waals surface area contributed by atoms with E-state index in [0.717, 1.165) is 58.3 Å². The molecule has 1 saturated heterocycles. The highest BCUT2D eigenvalue weighted by molar-refractivity contribution is 6.17. The first-order valence-electron chi connectivity index (χ1n) is 13.2. The van der Waals surface area contributed by atoms with Crippen molar-refractivity contribution in [1.82, 2.24) is 19.6 Å². The SMILES string of the molecule is Cc1cc(-c2ccc3c(cnn3C)c2)ccc1C1=NC2(CC2)C(=O)N1CC1CN(C(=O)C2(O)CCC2)C1. The third-order valence-electron chi connectivity index (χ3n) is 8.75. The number of rotatable bonds is 5. The third-order valence-corrected chi connectivity index (χ3v) is 8.75. The molecule has 8 heteroatoms. The molecule has 2 aliphatic carbocycles. The number of aliphatic imine (C=N–C) groups is 1. The average Bonchev–Trinajstić information content (AvgIpc) is 3.47. The van der Waals surface area contributed by atoms with Crippen LogP contribution in [0, 0.1) is 12.8 Å². The zero-order valence-electron chi connectivity index (χ0n) is 21.3. The highest BCUT2D eigenvalue weighted by atomic mass is 16.3. The molecule has 1 N–H and O–H groups in total. The number of hydrogen-bond acceptors (Lipinski definition) is 5. The monoisotopic (exact) mass is 497 g/mol. The first-order chi connectivity index (χ1) is 17.8. The van der Waals surface area contributed by atoms with E-state index in [9.17, 15) is 14.7 Å². The number of aryl methyl sites for hydroxylation is 2. The van der Waals surface area contributed by atoms with Crippen molar-refractivity contribution in [3.63, 3.8) is 0 Å². The lowest BCUT2D eigenvalue weighted by Crippen LogP contribution is -2.62. The zero-order chi connectivity index (χ0) is 25.5. The van der Waals surface area contributed by atoms with E-state index < -0.39 is 11.1 Å². The molecule has 1 spiro atoms. The van der Waals surface area contributed by atoms with Gasteiger partial charge in [-0.25, -0.2) is 0 Å². The lowest BCUT2D eigenvalue weighted by atomic mass is 9.78. The number of hydrogen-bond donors (Lipinski definition) is 1. The first-order valence-corrected chi connectivity index (χ1v) is 13.2. The van der Waals surface area contributed by atoms with Crippen LogP contribution in [0.5, 0.6) is 0 Å². The lowest BCUT2D eigenvalue weighted by molar-refractivity contribution is -0.167. The Kier molecular flexibility index (Phi) is 4.74. The van der Waals surface area contributed by atoms with E-state index in [1.165, 1.54) is 0 Å². The van der Waals surface area contributed by atoms with E-state index in [4.69, 9.17) is 4.99 Å². The average molecular weight is 498 g/mol.